The van der Waals surface area contributed by atoms with Crippen molar-refractivity contribution in [2.45, 2.75) is 409 Å². The van der Waals surface area contributed by atoms with Crippen LogP contribution in [0, 0.1) is 0 Å². The summed E-state index contributed by atoms with van der Waals surface area (Å²) in [6.07, 6.45) is 64.0. The Bertz CT molecular complexity index is 1380. The van der Waals surface area contributed by atoms with Crippen molar-refractivity contribution in [1.82, 2.24) is 5.32 Å². The summed E-state index contributed by atoms with van der Waals surface area (Å²) >= 11 is 0. The summed E-state index contributed by atoms with van der Waals surface area (Å²) in [6, 6.07) is -1.17. The Balaban J connectivity index is 2.18. The van der Waals surface area contributed by atoms with Crippen molar-refractivity contribution in [3.05, 3.63) is 24.3 Å². The van der Waals surface area contributed by atoms with Gasteiger partial charge in [0.25, 0.3) is 0 Å². The van der Waals surface area contributed by atoms with Gasteiger partial charge < -0.3 is 50.5 Å². The van der Waals surface area contributed by atoms with E-state index in [1.165, 1.54) is 270 Å². The smallest absolute Gasteiger partial charge is 0.249 e. The van der Waals surface area contributed by atoms with Gasteiger partial charge in [-0.15, -0.1) is 0 Å². The molecule has 8 N–H and O–H groups in total. The monoisotopic (exact) mass is 1160 g/mol. The van der Waals surface area contributed by atoms with Gasteiger partial charge in [0, 0.05) is 0 Å². The number of allylic oxidation sites excluding steroid dienone is 4. The van der Waals surface area contributed by atoms with E-state index < -0.39 is 74.2 Å². The third-order valence-electron chi connectivity index (χ3n) is 17.5. The van der Waals surface area contributed by atoms with Crippen molar-refractivity contribution in [1.29, 1.82) is 0 Å². The first-order chi connectivity index (χ1) is 40.2. The van der Waals surface area contributed by atoms with Crippen LogP contribution in [0.15, 0.2) is 24.3 Å². The number of hydrogen-bond donors (Lipinski definition) is 8. The van der Waals surface area contributed by atoms with Gasteiger partial charge in [0.1, 0.15) is 36.6 Å². The molecule has 1 fully saturated rings. The minimum absolute atomic E-state index is 0.263. The molecule has 0 spiro atoms. The largest absolute Gasteiger partial charge is 0.394 e. The molecule has 82 heavy (non-hydrogen) atoms. The topological polar surface area (TPSA) is 189 Å². The van der Waals surface area contributed by atoms with Crippen LogP contribution >= 0.6 is 0 Å². The van der Waals surface area contributed by atoms with Gasteiger partial charge >= 0.3 is 0 Å². The van der Waals surface area contributed by atoms with E-state index in [1.807, 2.05) is 0 Å². The summed E-state index contributed by atoms with van der Waals surface area (Å²) in [6.45, 7) is 3.52. The van der Waals surface area contributed by atoms with Gasteiger partial charge in [0.2, 0.25) is 5.91 Å². The summed E-state index contributed by atoms with van der Waals surface area (Å²) in [7, 11) is 0. The zero-order chi connectivity index (χ0) is 59.6. The molecule has 0 aromatic rings. The molecule has 0 saturated carbocycles. The highest BCUT2D eigenvalue weighted by Gasteiger charge is 2.44. The zero-order valence-corrected chi connectivity index (χ0v) is 53.8. The third kappa shape index (κ3) is 46.8. The van der Waals surface area contributed by atoms with Gasteiger partial charge in [-0.25, -0.2) is 0 Å². The van der Waals surface area contributed by atoms with Gasteiger partial charge in [-0.2, -0.15) is 0 Å². The van der Waals surface area contributed by atoms with Crippen molar-refractivity contribution in [3.8, 4) is 0 Å². The highest BCUT2D eigenvalue weighted by atomic mass is 16.7. The first-order valence-corrected chi connectivity index (χ1v) is 35.7. The molecule has 0 aliphatic carbocycles. The Kier molecular flexibility index (Phi) is 57.4. The summed E-state index contributed by atoms with van der Waals surface area (Å²) in [5, 5.41) is 76.6. The Labute approximate surface area is 505 Å². The van der Waals surface area contributed by atoms with Gasteiger partial charge in [0.05, 0.1) is 25.4 Å². The van der Waals surface area contributed by atoms with Crippen LogP contribution in [0.5, 0.6) is 0 Å². The molecule has 1 rings (SSSR count). The number of nitrogens with one attached hydrogen (secondary N) is 1. The Morgan fingerprint density at radius 1 is 0.427 bits per heavy atom. The number of carbonyl (C=O) groups excluding carboxylic acids is 1. The highest BCUT2D eigenvalue weighted by molar-refractivity contribution is 5.80. The normalized spacial score (nSPS) is 19.2. The lowest BCUT2D eigenvalue weighted by molar-refractivity contribution is -0.303. The number of rotatable bonds is 63. The Hall–Kier alpha value is -1.41. The first kappa shape index (κ1) is 78.6. The number of aliphatic hydroxyl groups excluding tert-OH is 7. The average molecular weight is 1160 g/mol. The summed E-state index contributed by atoms with van der Waals surface area (Å²) in [5.74, 6) is -0.690. The Morgan fingerprint density at radius 3 is 1.09 bits per heavy atom. The number of aliphatic hydroxyl groups is 7. The average Bonchev–Trinajstić information content (AvgIpc) is 3.49. The highest BCUT2D eigenvalue weighted by Crippen LogP contribution is 2.24. The van der Waals surface area contributed by atoms with Crippen LogP contribution in [0.4, 0.5) is 0 Å². The molecule has 9 atom stereocenters. The summed E-state index contributed by atoms with van der Waals surface area (Å²) in [5.41, 5.74) is 0. The molecule has 486 valence electrons. The van der Waals surface area contributed by atoms with Gasteiger partial charge in [-0.1, -0.05) is 334 Å². The van der Waals surface area contributed by atoms with Crippen LogP contribution in [0.25, 0.3) is 0 Å². The molecule has 1 aliphatic heterocycles. The third-order valence-corrected chi connectivity index (χ3v) is 17.5. The van der Waals surface area contributed by atoms with E-state index in [-0.39, 0.29) is 6.42 Å². The number of amides is 1. The zero-order valence-electron chi connectivity index (χ0n) is 53.8. The minimum atomic E-state index is -1.66. The van der Waals surface area contributed by atoms with E-state index in [9.17, 15) is 40.5 Å². The predicted molar refractivity (Wildman–Crippen MR) is 344 cm³/mol. The molecule has 0 radical (unpaired) electrons. The van der Waals surface area contributed by atoms with Gasteiger partial charge in [0.15, 0.2) is 6.29 Å². The summed E-state index contributed by atoms with van der Waals surface area (Å²) < 4.78 is 11.2. The van der Waals surface area contributed by atoms with Crippen molar-refractivity contribution in [3.63, 3.8) is 0 Å². The maximum absolute atomic E-state index is 13.3. The molecule has 1 saturated heterocycles. The maximum atomic E-state index is 13.3. The number of hydrogen-bond acceptors (Lipinski definition) is 10. The molecule has 1 heterocycles. The molecule has 0 aromatic heterocycles. The van der Waals surface area contributed by atoms with E-state index in [4.69, 9.17) is 9.47 Å². The fourth-order valence-corrected chi connectivity index (χ4v) is 11.8. The van der Waals surface area contributed by atoms with Crippen LogP contribution in [-0.4, -0.2) is 110 Å². The Morgan fingerprint density at radius 2 is 0.744 bits per heavy atom. The van der Waals surface area contributed by atoms with Gasteiger partial charge in [-0.05, 0) is 44.9 Å². The fraction of sp³-hybridized carbons (Fsp3) is 0.930. The van der Waals surface area contributed by atoms with Crippen LogP contribution in [0.2, 0.25) is 0 Å². The molecule has 9 unspecified atom stereocenters. The standard InChI is InChI=1S/C71H137NO10/c1-3-5-7-9-11-13-15-17-19-21-23-25-27-28-29-30-31-32-33-34-35-37-39-41-43-45-47-49-51-53-55-57-59-64(75)70(80)72-62(61-81-71-69(79)68(78)67(77)65(60-73)82-71)66(76)63(74)58-56-54-52-50-48-46-44-42-40-38-36-26-24-22-20-18-16-14-12-10-8-6-4-2/h23,25,28-29,62-69,71,73-79H,3-22,24,26-27,30-61H2,1-2H3,(H,72,80)/b25-23-,29-28-. The van der Waals surface area contributed by atoms with Crippen molar-refractivity contribution >= 4 is 5.91 Å². The van der Waals surface area contributed by atoms with Gasteiger partial charge in [-0.3, -0.25) is 4.79 Å². The second kappa shape index (κ2) is 59.9. The molecular formula is C71H137NO10. The molecule has 0 aromatic carbocycles. The van der Waals surface area contributed by atoms with Crippen molar-refractivity contribution in [2.24, 2.45) is 0 Å². The molecule has 0 bridgehead atoms. The van der Waals surface area contributed by atoms with E-state index in [1.54, 1.807) is 0 Å². The molecule has 11 heteroatoms. The lowest BCUT2D eigenvalue weighted by Crippen LogP contribution is -2.60. The SMILES string of the molecule is CCCCCCCCCCC/C=C\C/C=C\CCCCCCCCCCCCCCCCCCC(O)C(=O)NC(COC1OC(CO)C(O)C(O)C1O)C(O)C(O)CCCCCCCCCCCCCCCCCCCCCCCCC. The van der Waals surface area contributed by atoms with Crippen LogP contribution in [0.1, 0.15) is 354 Å². The maximum Gasteiger partial charge on any atom is 0.249 e. The fourth-order valence-electron chi connectivity index (χ4n) is 11.8. The molecule has 11 nitrogen and oxygen atoms in total. The molecule has 1 aliphatic rings. The van der Waals surface area contributed by atoms with Crippen LogP contribution in [-0.2, 0) is 14.3 Å². The van der Waals surface area contributed by atoms with Crippen molar-refractivity contribution in [2.75, 3.05) is 13.2 Å². The molecular weight excluding hydrogens is 1030 g/mol. The van der Waals surface area contributed by atoms with Crippen molar-refractivity contribution < 1.29 is 50.0 Å². The van der Waals surface area contributed by atoms with E-state index in [2.05, 4.69) is 43.5 Å². The lowest BCUT2D eigenvalue weighted by Gasteiger charge is -2.40. The van der Waals surface area contributed by atoms with E-state index >= 15 is 0 Å². The number of carbonyl (C=O) groups is 1. The number of ether oxygens (including phenoxy) is 2. The van der Waals surface area contributed by atoms with Crippen LogP contribution in [0.3, 0.4) is 0 Å². The quantitative estimate of drug-likeness (QED) is 0.0215. The molecule has 1 amide bonds. The second-order valence-corrected chi connectivity index (χ2v) is 25.3. The van der Waals surface area contributed by atoms with Crippen LogP contribution < -0.4 is 5.32 Å². The second-order valence-electron chi connectivity index (χ2n) is 25.3. The first-order valence-electron chi connectivity index (χ1n) is 35.7. The summed E-state index contributed by atoms with van der Waals surface area (Å²) in [4.78, 5) is 13.3. The lowest BCUT2D eigenvalue weighted by atomic mass is 9.98. The minimum Gasteiger partial charge on any atom is -0.394 e. The van der Waals surface area contributed by atoms with E-state index in [0.29, 0.717) is 19.3 Å². The number of unbranched alkanes of at least 4 members (excludes halogenated alkanes) is 47. The predicted octanol–water partition coefficient (Wildman–Crippen LogP) is 17.2. The van der Waals surface area contributed by atoms with E-state index in [0.717, 1.165) is 44.9 Å².